The Hall–Kier alpha value is -3.20. The molecule has 0 bridgehead atoms. The molecule has 4 heterocycles. The Morgan fingerprint density at radius 1 is 1.03 bits per heavy atom. The molecule has 0 N–H and O–H groups in total. The summed E-state index contributed by atoms with van der Waals surface area (Å²) in [6.07, 6.45) is 9.42. The number of ether oxygens (including phenoxy) is 2. The standard InChI is InChI=1S/C24H26N4O4S/c1-31-19-13-26-24(27-14-19)28-9-7-17(8-10-28)22-12-18-11-21(25-15-23(18)32-22)16-3-5-20(6-4-16)33(2,29)30/h3-6,11,13-15,17,22H,7-10,12H2,1-2H3. The lowest BCUT2D eigenvalue weighted by Gasteiger charge is -2.34. The summed E-state index contributed by atoms with van der Waals surface area (Å²) in [7, 11) is -1.61. The molecule has 5 rings (SSSR count). The predicted molar refractivity (Wildman–Crippen MR) is 124 cm³/mol. The van der Waals surface area contributed by atoms with Crippen LogP contribution in [0.2, 0.25) is 0 Å². The summed E-state index contributed by atoms with van der Waals surface area (Å²) in [5.74, 6) is 2.70. The highest BCUT2D eigenvalue weighted by molar-refractivity contribution is 7.90. The Labute approximate surface area is 193 Å². The fraction of sp³-hybridized carbons (Fsp3) is 0.375. The Morgan fingerprint density at radius 3 is 2.36 bits per heavy atom. The maximum atomic E-state index is 11.7. The van der Waals surface area contributed by atoms with E-state index in [1.807, 2.05) is 0 Å². The Balaban J connectivity index is 1.23. The molecule has 2 aliphatic heterocycles. The number of rotatable bonds is 5. The quantitative estimate of drug-likeness (QED) is 0.566. The van der Waals surface area contributed by atoms with Crippen molar-refractivity contribution < 1.29 is 17.9 Å². The minimum Gasteiger partial charge on any atom is -0.494 e. The second-order valence-corrected chi connectivity index (χ2v) is 10.6. The van der Waals surface area contributed by atoms with Crippen LogP contribution in [0, 0.1) is 5.92 Å². The van der Waals surface area contributed by atoms with Crippen LogP contribution in [-0.2, 0) is 16.3 Å². The third-order valence-electron chi connectivity index (χ3n) is 6.42. The highest BCUT2D eigenvalue weighted by Gasteiger charge is 2.33. The van der Waals surface area contributed by atoms with Gasteiger partial charge in [0.2, 0.25) is 5.95 Å². The number of nitrogens with zero attached hydrogens (tertiary/aromatic N) is 4. The topological polar surface area (TPSA) is 94.5 Å². The summed E-state index contributed by atoms with van der Waals surface area (Å²) in [4.78, 5) is 15.9. The SMILES string of the molecule is COc1cnc(N2CCC(C3Cc4cc(-c5ccc(S(C)(=O)=O)cc5)ncc4O3)CC2)nc1. The molecule has 9 heteroatoms. The van der Waals surface area contributed by atoms with E-state index >= 15 is 0 Å². The number of hydrogen-bond donors (Lipinski definition) is 0. The molecule has 0 radical (unpaired) electrons. The molecule has 8 nitrogen and oxygen atoms in total. The summed E-state index contributed by atoms with van der Waals surface area (Å²) in [5.41, 5.74) is 2.86. The van der Waals surface area contributed by atoms with E-state index in [1.54, 1.807) is 50.0 Å². The number of sulfone groups is 1. The van der Waals surface area contributed by atoms with Crippen LogP contribution in [0.15, 0.2) is 53.8 Å². The minimum atomic E-state index is -3.21. The van der Waals surface area contributed by atoms with E-state index in [0.29, 0.717) is 16.6 Å². The molecule has 1 aromatic carbocycles. The molecule has 1 atom stereocenters. The zero-order valence-electron chi connectivity index (χ0n) is 18.6. The Kier molecular flexibility index (Phi) is 5.65. The van der Waals surface area contributed by atoms with Gasteiger partial charge in [0.15, 0.2) is 15.6 Å². The molecule has 1 fully saturated rings. The fourth-order valence-corrected chi connectivity index (χ4v) is 5.15. The first-order chi connectivity index (χ1) is 15.9. The summed E-state index contributed by atoms with van der Waals surface area (Å²) in [6, 6.07) is 8.91. The summed E-state index contributed by atoms with van der Waals surface area (Å²) in [5, 5.41) is 0. The van der Waals surface area contributed by atoms with Crippen molar-refractivity contribution in [3.05, 3.63) is 54.5 Å². The van der Waals surface area contributed by atoms with Crippen LogP contribution in [0.1, 0.15) is 18.4 Å². The summed E-state index contributed by atoms with van der Waals surface area (Å²) >= 11 is 0. The van der Waals surface area contributed by atoms with Crippen LogP contribution in [0.25, 0.3) is 11.3 Å². The molecule has 0 saturated carbocycles. The average molecular weight is 467 g/mol. The maximum Gasteiger partial charge on any atom is 0.225 e. The lowest BCUT2D eigenvalue weighted by Crippen LogP contribution is -2.40. The second-order valence-electron chi connectivity index (χ2n) is 8.58. The number of benzene rings is 1. The molecule has 33 heavy (non-hydrogen) atoms. The normalized spacial score (nSPS) is 18.6. The Morgan fingerprint density at radius 2 is 1.73 bits per heavy atom. The van der Waals surface area contributed by atoms with Gasteiger partial charge in [-0.15, -0.1) is 0 Å². The van der Waals surface area contributed by atoms with Crippen LogP contribution in [0.4, 0.5) is 5.95 Å². The molecule has 2 aliphatic rings. The molecule has 1 saturated heterocycles. The third kappa shape index (κ3) is 4.50. The number of pyridine rings is 1. The van der Waals surface area contributed by atoms with Crippen molar-refractivity contribution in [3.63, 3.8) is 0 Å². The number of hydrogen-bond acceptors (Lipinski definition) is 8. The maximum absolute atomic E-state index is 11.7. The van der Waals surface area contributed by atoms with E-state index in [9.17, 15) is 8.42 Å². The number of aromatic nitrogens is 3. The highest BCUT2D eigenvalue weighted by atomic mass is 32.2. The van der Waals surface area contributed by atoms with Gasteiger partial charge < -0.3 is 14.4 Å². The molecule has 1 unspecified atom stereocenters. The summed E-state index contributed by atoms with van der Waals surface area (Å²) < 4.78 is 34.8. The first-order valence-corrected chi connectivity index (χ1v) is 12.9. The molecule has 0 spiro atoms. The molecular formula is C24H26N4O4S. The van der Waals surface area contributed by atoms with Gasteiger partial charge in [0.05, 0.1) is 36.3 Å². The van der Waals surface area contributed by atoms with Gasteiger partial charge in [-0.25, -0.2) is 18.4 Å². The van der Waals surface area contributed by atoms with Gasteiger partial charge in [-0.1, -0.05) is 12.1 Å². The van der Waals surface area contributed by atoms with Crippen molar-refractivity contribution in [1.82, 2.24) is 15.0 Å². The first-order valence-electron chi connectivity index (χ1n) is 11.0. The van der Waals surface area contributed by atoms with E-state index in [1.165, 1.54) is 6.26 Å². The van der Waals surface area contributed by atoms with Gasteiger partial charge in [0.25, 0.3) is 0 Å². The summed E-state index contributed by atoms with van der Waals surface area (Å²) in [6.45, 7) is 1.78. The van der Waals surface area contributed by atoms with E-state index in [-0.39, 0.29) is 6.10 Å². The van der Waals surface area contributed by atoms with Gasteiger partial charge in [-0.2, -0.15) is 0 Å². The lowest BCUT2D eigenvalue weighted by molar-refractivity contribution is 0.138. The molecule has 0 amide bonds. The zero-order valence-corrected chi connectivity index (χ0v) is 19.5. The number of fused-ring (bicyclic) bond motifs is 1. The number of piperidine rings is 1. The van der Waals surface area contributed by atoms with Crippen LogP contribution in [0.5, 0.6) is 11.5 Å². The first kappa shape index (κ1) is 21.6. The van der Waals surface area contributed by atoms with Gasteiger partial charge in [-0.05, 0) is 37.0 Å². The molecular weight excluding hydrogens is 440 g/mol. The molecule has 2 aromatic heterocycles. The second kappa shape index (κ2) is 8.62. The smallest absolute Gasteiger partial charge is 0.225 e. The number of anilines is 1. The monoisotopic (exact) mass is 466 g/mol. The fourth-order valence-electron chi connectivity index (χ4n) is 4.51. The van der Waals surface area contributed by atoms with Crippen molar-refractivity contribution in [2.24, 2.45) is 5.92 Å². The van der Waals surface area contributed by atoms with Crippen LogP contribution < -0.4 is 14.4 Å². The van der Waals surface area contributed by atoms with Gasteiger partial charge in [0, 0.05) is 36.9 Å². The molecule has 0 aliphatic carbocycles. The Bertz CT molecular complexity index is 1240. The van der Waals surface area contributed by atoms with Gasteiger partial charge >= 0.3 is 0 Å². The van der Waals surface area contributed by atoms with Crippen molar-refractivity contribution in [1.29, 1.82) is 0 Å². The average Bonchev–Trinajstić information content (AvgIpc) is 3.27. The van der Waals surface area contributed by atoms with Crippen LogP contribution in [-0.4, -0.2) is 55.9 Å². The third-order valence-corrected chi connectivity index (χ3v) is 7.55. The highest BCUT2D eigenvalue weighted by Crippen LogP contribution is 2.37. The lowest BCUT2D eigenvalue weighted by atomic mass is 9.89. The van der Waals surface area contributed by atoms with Crippen LogP contribution >= 0.6 is 0 Å². The van der Waals surface area contributed by atoms with Crippen molar-refractivity contribution in [2.75, 3.05) is 31.4 Å². The van der Waals surface area contributed by atoms with Crippen molar-refractivity contribution in [3.8, 4) is 22.8 Å². The van der Waals surface area contributed by atoms with E-state index in [2.05, 4.69) is 25.9 Å². The van der Waals surface area contributed by atoms with Gasteiger partial charge in [0.1, 0.15) is 11.9 Å². The van der Waals surface area contributed by atoms with E-state index in [4.69, 9.17) is 9.47 Å². The minimum absolute atomic E-state index is 0.142. The zero-order chi connectivity index (χ0) is 23.0. The predicted octanol–water partition coefficient (Wildman–Crippen LogP) is 3.17. The van der Waals surface area contributed by atoms with Crippen molar-refractivity contribution >= 4 is 15.8 Å². The van der Waals surface area contributed by atoms with Gasteiger partial charge in [-0.3, -0.25) is 4.98 Å². The largest absolute Gasteiger partial charge is 0.494 e. The van der Waals surface area contributed by atoms with E-state index in [0.717, 1.165) is 60.9 Å². The van der Waals surface area contributed by atoms with E-state index < -0.39 is 9.84 Å². The van der Waals surface area contributed by atoms with Crippen molar-refractivity contribution in [2.45, 2.75) is 30.3 Å². The van der Waals surface area contributed by atoms with Crippen LogP contribution in [0.3, 0.4) is 0 Å². The number of methoxy groups -OCH3 is 1. The molecule has 3 aromatic rings. The molecule has 172 valence electrons.